The van der Waals surface area contributed by atoms with E-state index in [1.165, 1.54) is 18.2 Å². The Morgan fingerprint density at radius 1 is 1.08 bits per heavy atom. The summed E-state index contributed by atoms with van der Waals surface area (Å²) < 4.78 is 41.5. The molecule has 3 aromatic rings. The number of hydrogen-bond acceptors (Lipinski definition) is 1. The van der Waals surface area contributed by atoms with Crippen LogP contribution in [0.3, 0.4) is 0 Å². The molecule has 0 amide bonds. The van der Waals surface area contributed by atoms with Gasteiger partial charge in [0, 0.05) is 23.6 Å². The molecule has 0 fully saturated rings. The second-order valence-electron chi connectivity index (χ2n) is 6.29. The zero-order valence-electron chi connectivity index (χ0n) is 12.9. The fourth-order valence-electron chi connectivity index (χ4n) is 3.80. The highest BCUT2D eigenvalue weighted by atomic mass is 19.1. The molecule has 24 heavy (non-hydrogen) atoms. The molecule has 1 atom stereocenters. The second kappa shape index (κ2) is 5.67. The molecular formula is C19H16F3NO. The Morgan fingerprint density at radius 2 is 1.92 bits per heavy atom. The van der Waals surface area contributed by atoms with Crippen molar-refractivity contribution in [3.63, 3.8) is 0 Å². The van der Waals surface area contributed by atoms with Gasteiger partial charge in [0.1, 0.15) is 17.5 Å². The van der Waals surface area contributed by atoms with Gasteiger partial charge in [-0.05, 0) is 60.6 Å². The van der Waals surface area contributed by atoms with Gasteiger partial charge in [0.05, 0.1) is 11.2 Å². The molecule has 0 radical (unpaired) electrons. The summed E-state index contributed by atoms with van der Waals surface area (Å²) in [5.74, 6) is -1.58. The fourth-order valence-corrected chi connectivity index (χ4v) is 3.80. The number of aliphatic hydroxyl groups is 1. The molecule has 2 N–H and O–H groups in total. The Morgan fingerprint density at radius 3 is 2.71 bits per heavy atom. The molecule has 1 unspecified atom stereocenters. The molecule has 1 aliphatic rings. The molecule has 2 aromatic carbocycles. The number of H-pyrrole nitrogens is 1. The Balaban J connectivity index is 1.99. The van der Waals surface area contributed by atoms with Crippen molar-refractivity contribution in [2.45, 2.75) is 25.2 Å². The van der Waals surface area contributed by atoms with Gasteiger partial charge in [0.15, 0.2) is 0 Å². The first-order valence-corrected chi connectivity index (χ1v) is 7.98. The SMILES string of the molecule is OCCCC1Cc2cc(F)ccc2-c2[nH]c3c(F)cc(F)cc3c21. The summed E-state index contributed by atoms with van der Waals surface area (Å²) in [5, 5.41) is 9.68. The zero-order valence-corrected chi connectivity index (χ0v) is 12.9. The van der Waals surface area contributed by atoms with Gasteiger partial charge in [-0.25, -0.2) is 13.2 Å². The molecule has 0 bridgehead atoms. The van der Waals surface area contributed by atoms with Crippen molar-refractivity contribution in [1.29, 1.82) is 0 Å². The van der Waals surface area contributed by atoms with Gasteiger partial charge in [0.2, 0.25) is 0 Å². The smallest absolute Gasteiger partial charge is 0.150 e. The van der Waals surface area contributed by atoms with Crippen LogP contribution in [0.2, 0.25) is 0 Å². The number of nitrogens with one attached hydrogen (secondary N) is 1. The molecule has 4 rings (SSSR count). The molecule has 124 valence electrons. The van der Waals surface area contributed by atoms with E-state index in [9.17, 15) is 13.2 Å². The van der Waals surface area contributed by atoms with Crippen LogP contribution in [0.4, 0.5) is 13.2 Å². The first kappa shape index (κ1) is 15.3. The summed E-state index contributed by atoms with van der Waals surface area (Å²) in [6.07, 6.45) is 1.84. The van der Waals surface area contributed by atoms with Crippen LogP contribution in [0.25, 0.3) is 22.2 Å². The van der Waals surface area contributed by atoms with E-state index in [0.29, 0.717) is 24.6 Å². The van der Waals surface area contributed by atoms with Crippen LogP contribution in [0, 0.1) is 17.5 Å². The van der Waals surface area contributed by atoms with E-state index < -0.39 is 11.6 Å². The lowest BCUT2D eigenvalue weighted by Gasteiger charge is -2.25. The highest BCUT2D eigenvalue weighted by Gasteiger charge is 2.29. The van der Waals surface area contributed by atoms with Gasteiger partial charge in [-0.1, -0.05) is 0 Å². The van der Waals surface area contributed by atoms with E-state index in [0.717, 1.165) is 28.5 Å². The average Bonchev–Trinajstić information content (AvgIpc) is 2.92. The highest BCUT2D eigenvalue weighted by molar-refractivity contribution is 5.93. The van der Waals surface area contributed by atoms with Crippen LogP contribution < -0.4 is 0 Å². The summed E-state index contributed by atoms with van der Waals surface area (Å²) in [5.41, 5.74) is 3.52. The molecule has 5 heteroatoms. The number of benzene rings is 2. The highest BCUT2D eigenvalue weighted by Crippen LogP contribution is 2.45. The predicted octanol–water partition coefficient (Wildman–Crippen LogP) is 4.66. The Hall–Kier alpha value is -2.27. The van der Waals surface area contributed by atoms with Gasteiger partial charge >= 0.3 is 0 Å². The van der Waals surface area contributed by atoms with Crippen molar-refractivity contribution in [2.75, 3.05) is 6.61 Å². The van der Waals surface area contributed by atoms with Crippen molar-refractivity contribution >= 4 is 10.9 Å². The van der Waals surface area contributed by atoms with Crippen molar-refractivity contribution in [3.8, 4) is 11.3 Å². The number of aromatic nitrogens is 1. The molecule has 2 nitrogen and oxygen atoms in total. The van der Waals surface area contributed by atoms with Gasteiger partial charge < -0.3 is 10.1 Å². The Kier molecular flexibility index (Phi) is 3.61. The van der Waals surface area contributed by atoms with Crippen molar-refractivity contribution in [2.24, 2.45) is 0 Å². The van der Waals surface area contributed by atoms with Crippen LogP contribution in [-0.4, -0.2) is 16.7 Å². The van der Waals surface area contributed by atoms with Gasteiger partial charge in [-0.2, -0.15) is 0 Å². The number of fused-ring (bicyclic) bond motifs is 5. The van der Waals surface area contributed by atoms with E-state index in [4.69, 9.17) is 5.11 Å². The maximum absolute atomic E-state index is 14.2. The Labute approximate surface area is 136 Å². The van der Waals surface area contributed by atoms with Crippen LogP contribution in [0.1, 0.15) is 29.9 Å². The normalized spacial score (nSPS) is 16.2. The molecular weight excluding hydrogens is 315 g/mol. The molecule has 1 heterocycles. The number of halogens is 3. The van der Waals surface area contributed by atoms with E-state index in [-0.39, 0.29) is 23.9 Å². The minimum absolute atomic E-state index is 0.0172. The standard InChI is InChI=1S/C19H16F3NO/c20-12-3-4-14-11(7-12)6-10(2-1-5-24)17-15-8-13(21)9-16(22)18(15)23-19(14)17/h3-4,7-10,23-24H,1-2,5-6H2. The third-order valence-electron chi connectivity index (χ3n) is 4.79. The van der Waals surface area contributed by atoms with Crippen LogP contribution in [0.15, 0.2) is 30.3 Å². The molecule has 0 saturated carbocycles. The number of aromatic amines is 1. The molecule has 0 aliphatic heterocycles. The summed E-state index contributed by atoms with van der Waals surface area (Å²) >= 11 is 0. The van der Waals surface area contributed by atoms with Crippen molar-refractivity contribution in [3.05, 3.63) is 58.9 Å². The molecule has 0 saturated heterocycles. The van der Waals surface area contributed by atoms with Gasteiger partial charge in [0.25, 0.3) is 0 Å². The maximum Gasteiger partial charge on any atom is 0.150 e. The molecule has 1 aliphatic carbocycles. The average molecular weight is 331 g/mol. The van der Waals surface area contributed by atoms with Crippen LogP contribution in [0.5, 0.6) is 0 Å². The van der Waals surface area contributed by atoms with E-state index in [1.54, 1.807) is 6.07 Å². The lowest BCUT2D eigenvalue weighted by Crippen LogP contribution is -2.11. The van der Waals surface area contributed by atoms with Gasteiger partial charge in [-0.3, -0.25) is 0 Å². The Bertz CT molecular complexity index is 932. The lowest BCUT2D eigenvalue weighted by molar-refractivity contribution is 0.279. The zero-order chi connectivity index (χ0) is 16.8. The number of rotatable bonds is 3. The van der Waals surface area contributed by atoms with Crippen LogP contribution >= 0.6 is 0 Å². The maximum atomic E-state index is 14.2. The largest absolute Gasteiger partial charge is 0.396 e. The molecule has 0 spiro atoms. The minimum atomic E-state index is -0.635. The number of aliphatic hydroxyl groups excluding tert-OH is 1. The second-order valence-corrected chi connectivity index (χ2v) is 6.29. The quantitative estimate of drug-likeness (QED) is 0.719. The molecule has 1 aromatic heterocycles. The monoisotopic (exact) mass is 331 g/mol. The summed E-state index contributed by atoms with van der Waals surface area (Å²) in [7, 11) is 0. The summed E-state index contributed by atoms with van der Waals surface area (Å²) in [6, 6.07) is 6.74. The fraction of sp³-hybridized carbons (Fsp3) is 0.263. The third kappa shape index (κ3) is 2.31. The third-order valence-corrected chi connectivity index (χ3v) is 4.79. The van der Waals surface area contributed by atoms with Gasteiger partial charge in [-0.15, -0.1) is 0 Å². The van der Waals surface area contributed by atoms with Crippen molar-refractivity contribution < 1.29 is 18.3 Å². The summed E-state index contributed by atoms with van der Waals surface area (Å²) in [6.45, 7) is 0.0485. The van der Waals surface area contributed by atoms with E-state index >= 15 is 0 Å². The number of hydrogen-bond donors (Lipinski definition) is 2. The predicted molar refractivity (Wildman–Crippen MR) is 86.4 cm³/mol. The van der Waals surface area contributed by atoms with E-state index in [2.05, 4.69) is 4.98 Å². The minimum Gasteiger partial charge on any atom is -0.396 e. The first-order valence-electron chi connectivity index (χ1n) is 7.98. The van der Waals surface area contributed by atoms with Crippen LogP contribution in [-0.2, 0) is 6.42 Å². The first-order chi connectivity index (χ1) is 11.6. The summed E-state index contributed by atoms with van der Waals surface area (Å²) in [4.78, 5) is 3.07. The van der Waals surface area contributed by atoms with Crippen molar-refractivity contribution in [1.82, 2.24) is 4.98 Å². The lowest BCUT2D eigenvalue weighted by atomic mass is 9.79. The topological polar surface area (TPSA) is 36.0 Å². The van der Waals surface area contributed by atoms with E-state index in [1.807, 2.05) is 0 Å².